The lowest BCUT2D eigenvalue weighted by molar-refractivity contribution is -0.128. The van der Waals surface area contributed by atoms with Gasteiger partial charge in [0, 0.05) is 12.0 Å². The van der Waals surface area contributed by atoms with Crippen LogP contribution in [0.15, 0.2) is 0 Å². The highest BCUT2D eigenvalue weighted by molar-refractivity contribution is 5.86. The summed E-state index contributed by atoms with van der Waals surface area (Å²) in [6.45, 7) is 7.81. The van der Waals surface area contributed by atoms with E-state index in [1.54, 1.807) is 0 Å². The van der Waals surface area contributed by atoms with Crippen LogP contribution in [0.25, 0.3) is 0 Å². The van der Waals surface area contributed by atoms with Gasteiger partial charge in [-0.25, -0.2) is 0 Å². The molecule has 4 nitrogen and oxygen atoms in total. The Labute approximate surface area is 111 Å². The zero-order chi connectivity index (χ0) is 13.6. The minimum absolute atomic E-state index is 0.0993. The largest absolute Gasteiger partial charge is 0.396 e. The van der Waals surface area contributed by atoms with E-state index in [9.17, 15) is 9.90 Å². The molecule has 3 N–H and O–H groups in total. The first-order chi connectivity index (χ1) is 8.58. The monoisotopic (exact) mass is 256 g/mol. The van der Waals surface area contributed by atoms with Crippen LogP contribution in [0, 0.1) is 5.41 Å². The van der Waals surface area contributed by atoms with Crippen molar-refractivity contribution in [3.05, 3.63) is 0 Å². The second-order valence-electron chi connectivity index (χ2n) is 5.51. The Morgan fingerprint density at radius 1 is 1.39 bits per heavy atom. The first-order valence-electron chi connectivity index (χ1n) is 7.22. The highest BCUT2D eigenvalue weighted by Crippen LogP contribution is 2.26. The molecule has 1 heterocycles. The third-order valence-electron chi connectivity index (χ3n) is 4.74. The van der Waals surface area contributed by atoms with E-state index in [1.165, 1.54) is 0 Å². The molecule has 0 radical (unpaired) electrons. The molecule has 1 atom stereocenters. The molecular formula is C14H28N2O2. The fourth-order valence-electron chi connectivity index (χ4n) is 2.68. The van der Waals surface area contributed by atoms with Crippen LogP contribution in [0.5, 0.6) is 0 Å². The van der Waals surface area contributed by atoms with Crippen molar-refractivity contribution < 1.29 is 9.90 Å². The summed E-state index contributed by atoms with van der Waals surface area (Å²) in [5.41, 5.74) is -0.536. The maximum absolute atomic E-state index is 12.3. The average molecular weight is 256 g/mol. The molecule has 0 spiro atoms. The zero-order valence-corrected chi connectivity index (χ0v) is 12.0. The SMILES string of the molecule is CCC(CC)(CO)CNC(=O)C1(CC)CCCN1. The first kappa shape index (κ1) is 15.4. The predicted molar refractivity (Wildman–Crippen MR) is 73.4 cm³/mol. The normalized spacial score (nSPS) is 24.2. The Morgan fingerprint density at radius 3 is 2.44 bits per heavy atom. The van der Waals surface area contributed by atoms with Crippen molar-refractivity contribution in [3.8, 4) is 0 Å². The Bertz CT molecular complexity index is 261. The van der Waals surface area contributed by atoms with Gasteiger partial charge in [-0.2, -0.15) is 0 Å². The number of rotatable bonds is 7. The minimum Gasteiger partial charge on any atom is -0.396 e. The fraction of sp³-hybridized carbons (Fsp3) is 0.929. The van der Waals surface area contributed by atoms with Crippen LogP contribution in [-0.4, -0.2) is 36.2 Å². The summed E-state index contributed by atoms with van der Waals surface area (Å²) in [6, 6.07) is 0. The quantitative estimate of drug-likeness (QED) is 0.646. The van der Waals surface area contributed by atoms with E-state index < -0.39 is 0 Å². The highest BCUT2D eigenvalue weighted by atomic mass is 16.3. The van der Waals surface area contributed by atoms with Crippen LogP contribution in [0.1, 0.15) is 52.9 Å². The Morgan fingerprint density at radius 2 is 2.06 bits per heavy atom. The molecule has 1 unspecified atom stereocenters. The van der Waals surface area contributed by atoms with Crippen molar-refractivity contribution in [1.29, 1.82) is 0 Å². The van der Waals surface area contributed by atoms with Gasteiger partial charge in [0.15, 0.2) is 0 Å². The molecule has 1 rings (SSSR count). The summed E-state index contributed by atoms with van der Waals surface area (Å²) < 4.78 is 0. The molecule has 4 heteroatoms. The number of hydrogen-bond donors (Lipinski definition) is 3. The number of carbonyl (C=O) groups excluding carboxylic acids is 1. The highest BCUT2D eigenvalue weighted by Gasteiger charge is 2.39. The Kier molecular flexibility index (Phi) is 5.60. The van der Waals surface area contributed by atoms with E-state index in [1.807, 2.05) is 0 Å². The minimum atomic E-state index is -0.372. The summed E-state index contributed by atoms with van der Waals surface area (Å²) in [5, 5.41) is 15.9. The van der Waals surface area contributed by atoms with Crippen LogP contribution in [-0.2, 0) is 4.79 Å². The van der Waals surface area contributed by atoms with Gasteiger partial charge in [-0.15, -0.1) is 0 Å². The van der Waals surface area contributed by atoms with Crippen LogP contribution in [0.4, 0.5) is 0 Å². The maximum atomic E-state index is 12.3. The number of hydrogen-bond acceptors (Lipinski definition) is 3. The maximum Gasteiger partial charge on any atom is 0.240 e. The van der Waals surface area contributed by atoms with E-state index >= 15 is 0 Å². The number of amides is 1. The van der Waals surface area contributed by atoms with Gasteiger partial charge in [-0.05, 0) is 38.6 Å². The van der Waals surface area contributed by atoms with E-state index in [0.29, 0.717) is 6.54 Å². The lowest BCUT2D eigenvalue weighted by atomic mass is 9.82. The number of aliphatic hydroxyl groups is 1. The molecule has 1 amide bonds. The van der Waals surface area contributed by atoms with E-state index in [2.05, 4.69) is 31.4 Å². The summed E-state index contributed by atoms with van der Waals surface area (Å²) in [6.07, 6.45) is 4.57. The second kappa shape index (κ2) is 6.53. The molecule has 0 aromatic heterocycles. The Hall–Kier alpha value is -0.610. The van der Waals surface area contributed by atoms with E-state index in [0.717, 1.165) is 38.6 Å². The molecule has 1 fully saturated rings. The molecule has 0 aromatic rings. The van der Waals surface area contributed by atoms with Crippen molar-refractivity contribution in [1.82, 2.24) is 10.6 Å². The van der Waals surface area contributed by atoms with Crippen molar-refractivity contribution >= 4 is 5.91 Å². The molecule has 1 saturated heterocycles. The van der Waals surface area contributed by atoms with E-state index in [4.69, 9.17) is 0 Å². The standard InChI is InChI=1S/C14H28N2O2/c1-4-13(5-2,11-17)10-15-12(18)14(6-3)8-7-9-16-14/h16-17H,4-11H2,1-3H3,(H,15,18). The topological polar surface area (TPSA) is 61.4 Å². The van der Waals surface area contributed by atoms with Gasteiger partial charge in [0.1, 0.15) is 0 Å². The summed E-state index contributed by atoms with van der Waals surface area (Å²) >= 11 is 0. The van der Waals surface area contributed by atoms with Gasteiger partial charge < -0.3 is 15.7 Å². The van der Waals surface area contributed by atoms with Gasteiger partial charge in [-0.3, -0.25) is 4.79 Å². The summed E-state index contributed by atoms with van der Waals surface area (Å²) in [5.74, 6) is 0.0993. The molecule has 0 aliphatic carbocycles. The zero-order valence-electron chi connectivity index (χ0n) is 12.0. The van der Waals surface area contributed by atoms with Gasteiger partial charge in [0.2, 0.25) is 5.91 Å². The third kappa shape index (κ3) is 3.04. The number of carbonyl (C=O) groups is 1. The molecule has 1 aliphatic heterocycles. The van der Waals surface area contributed by atoms with Crippen LogP contribution in [0.3, 0.4) is 0 Å². The van der Waals surface area contributed by atoms with Crippen LogP contribution < -0.4 is 10.6 Å². The molecule has 106 valence electrons. The molecule has 0 aromatic carbocycles. The molecule has 1 aliphatic rings. The molecule has 0 bridgehead atoms. The predicted octanol–water partition coefficient (Wildman–Crippen LogP) is 1.43. The smallest absolute Gasteiger partial charge is 0.240 e. The van der Waals surface area contributed by atoms with Crippen LogP contribution in [0.2, 0.25) is 0 Å². The first-order valence-corrected chi connectivity index (χ1v) is 7.22. The average Bonchev–Trinajstić information content (AvgIpc) is 2.91. The van der Waals surface area contributed by atoms with Gasteiger partial charge in [-0.1, -0.05) is 20.8 Å². The fourth-order valence-corrected chi connectivity index (χ4v) is 2.68. The van der Waals surface area contributed by atoms with Crippen molar-refractivity contribution in [2.24, 2.45) is 5.41 Å². The third-order valence-corrected chi connectivity index (χ3v) is 4.74. The van der Waals surface area contributed by atoms with Crippen molar-refractivity contribution in [2.45, 2.75) is 58.4 Å². The Balaban J connectivity index is 2.59. The van der Waals surface area contributed by atoms with Gasteiger partial charge in [0.05, 0.1) is 12.1 Å². The molecular weight excluding hydrogens is 228 g/mol. The second-order valence-corrected chi connectivity index (χ2v) is 5.51. The summed E-state index contributed by atoms with van der Waals surface area (Å²) in [4.78, 5) is 12.3. The molecule has 0 saturated carbocycles. The van der Waals surface area contributed by atoms with Gasteiger partial charge >= 0.3 is 0 Å². The van der Waals surface area contributed by atoms with Crippen LogP contribution >= 0.6 is 0 Å². The summed E-state index contributed by atoms with van der Waals surface area (Å²) in [7, 11) is 0. The van der Waals surface area contributed by atoms with E-state index in [-0.39, 0.29) is 23.5 Å². The van der Waals surface area contributed by atoms with Crippen molar-refractivity contribution in [2.75, 3.05) is 19.7 Å². The molecule has 18 heavy (non-hydrogen) atoms. The number of nitrogens with one attached hydrogen (secondary N) is 2. The van der Waals surface area contributed by atoms with Gasteiger partial charge in [0.25, 0.3) is 0 Å². The van der Waals surface area contributed by atoms with Crippen molar-refractivity contribution in [3.63, 3.8) is 0 Å². The number of aliphatic hydroxyl groups excluding tert-OH is 1. The lowest BCUT2D eigenvalue weighted by Crippen LogP contribution is -2.55. The lowest BCUT2D eigenvalue weighted by Gasteiger charge is -2.33.